The van der Waals surface area contributed by atoms with Crippen LogP contribution in [0.1, 0.15) is 35.9 Å². The number of nitrogens with two attached hydrogens (primary N) is 1. The van der Waals surface area contributed by atoms with Crippen LogP contribution in [0.3, 0.4) is 0 Å². The Morgan fingerprint density at radius 2 is 2.25 bits per heavy atom. The van der Waals surface area contributed by atoms with Crippen molar-refractivity contribution < 1.29 is 4.79 Å². The molecule has 5 nitrogen and oxygen atoms in total. The minimum Gasteiger partial charge on any atom is -0.364 e. The van der Waals surface area contributed by atoms with E-state index in [1.54, 1.807) is 16.9 Å². The molecule has 2 rings (SSSR count). The Morgan fingerprint density at radius 3 is 2.80 bits per heavy atom. The van der Waals surface area contributed by atoms with Crippen LogP contribution in [-0.4, -0.2) is 22.2 Å². The van der Waals surface area contributed by atoms with E-state index in [1.807, 2.05) is 18.2 Å². The van der Waals surface area contributed by atoms with Crippen LogP contribution in [0, 0.1) is 0 Å². The van der Waals surface area contributed by atoms with Crippen molar-refractivity contribution in [1.82, 2.24) is 15.1 Å². The first-order valence-electron chi connectivity index (χ1n) is 6.41. The number of carbonyl (C=O) groups excluding carboxylic acids is 1. The number of nitrogens with zero attached hydrogens (tertiary/aromatic N) is 2. The molecule has 1 amide bonds. The molecule has 0 spiro atoms. The molecule has 0 fully saturated rings. The molecular formula is C14H17BrN4O. The average molecular weight is 337 g/mol. The summed E-state index contributed by atoms with van der Waals surface area (Å²) in [5.74, 6) is -0.528. The van der Waals surface area contributed by atoms with Gasteiger partial charge in [-0.05, 0) is 37.2 Å². The fourth-order valence-electron chi connectivity index (χ4n) is 2.03. The summed E-state index contributed by atoms with van der Waals surface area (Å²) in [5.41, 5.74) is 7.51. The number of hydrogen-bond acceptors (Lipinski definition) is 3. The van der Waals surface area contributed by atoms with E-state index < -0.39 is 5.91 Å². The highest BCUT2D eigenvalue weighted by Crippen LogP contribution is 2.25. The first-order valence-corrected chi connectivity index (χ1v) is 7.21. The number of amides is 1. The van der Waals surface area contributed by atoms with Crippen LogP contribution < -0.4 is 11.1 Å². The predicted molar refractivity (Wildman–Crippen MR) is 81.9 cm³/mol. The maximum absolute atomic E-state index is 11.1. The maximum atomic E-state index is 11.1. The molecule has 1 heterocycles. The molecule has 0 saturated carbocycles. The molecule has 0 aliphatic heterocycles. The van der Waals surface area contributed by atoms with Gasteiger partial charge in [0, 0.05) is 16.7 Å². The van der Waals surface area contributed by atoms with Gasteiger partial charge in [-0.15, -0.1) is 0 Å². The number of benzene rings is 1. The first-order chi connectivity index (χ1) is 9.52. The molecule has 0 saturated heterocycles. The Bertz CT molecular complexity index is 623. The van der Waals surface area contributed by atoms with E-state index in [9.17, 15) is 4.79 Å². The third-order valence-electron chi connectivity index (χ3n) is 3.07. The van der Waals surface area contributed by atoms with Gasteiger partial charge in [0.15, 0.2) is 0 Å². The molecule has 1 aromatic heterocycles. The van der Waals surface area contributed by atoms with Crippen molar-refractivity contribution in [1.29, 1.82) is 0 Å². The van der Waals surface area contributed by atoms with Crippen LogP contribution in [0.15, 0.2) is 34.9 Å². The highest BCUT2D eigenvalue weighted by atomic mass is 79.9. The van der Waals surface area contributed by atoms with Gasteiger partial charge in [0.1, 0.15) is 5.69 Å². The molecule has 0 aliphatic rings. The van der Waals surface area contributed by atoms with Crippen LogP contribution >= 0.6 is 15.9 Å². The minimum absolute atomic E-state index is 0.256. The fourth-order valence-corrected chi connectivity index (χ4v) is 2.74. The second kappa shape index (κ2) is 6.19. The lowest BCUT2D eigenvalue weighted by atomic mass is 10.1. The summed E-state index contributed by atoms with van der Waals surface area (Å²) in [5, 5.41) is 7.50. The van der Waals surface area contributed by atoms with E-state index in [4.69, 9.17) is 5.73 Å². The molecule has 6 heteroatoms. The molecule has 0 radical (unpaired) electrons. The van der Waals surface area contributed by atoms with E-state index in [1.165, 1.54) is 5.56 Å². The number of hydrogen-bond donors (Lipinski definition) is 2. The summed E-state index contributed by atoms with van der Waals surface area (Å²) in [7, 11) is 0. The number of aromatic nitrogens is 2. The average Bonchev–Trinajstić information content (AvgIpc) is 2.88. The Kier molecular flexibility index (Phi) is 4.57. The van der Waals surface area contributed by atoms with Gasteiger partial charge in [0.2, 0.25) is 0 Å². The lowest BCUT2D eigenvalue weighted by Gasteiger charge is -2.15. The predicted octanol–water partition coefficient (Wildman–Crippen LogP) is 2.40. The van der Waals surface area contributed by atoms with E-state index in [0.29, 0.717) is 0 Å². The van der Waals surface area contributed by atoms with E-state index in [2.05, 4.69) is 40.2 Å². The van der Waals surface area contributed by atoms with E-state index in [0.717, 1.165) is 16.7 Å². The summed E-state index contributed by atoms with van der Waals surface area (Å²) in [6.07, 6.45) is 1.72. The molecule has 20 heavy (non-hydrogen) atoms. The van der Waals surface area contributed by atoms with Crippen molar-refractivity contribution in [3.05, 3.63) is 46.2 Å². The lowest BCUT2D eigenvalue weighted by Crippen LogP contribution is -2.18. The smallest absolute Gasteiger partial charge is 0.269 e. The molecule has 1 unspecified atom stereocenters. The van der Waals surface area contributed by atoms with Crippen LogP contribution in [-0.2, 0) is 0 Å². The van der Waals surface area contributed by atoms with Gasteiger partial charge in [0.05, 0.1) is 5.69 Å². The third-order valence-corrected chi connectivity index (χ3v) is 3.75. The molecule has 1 aromatic carbocycles. The second-order valence-corrected chi connectivity index (χ2v) is 5.35. The normalized spacial score (nSPS) is 12.3. The molecule has 2 aromatic rings. The summed E-state index contributed by atoms with van der Waals surface area (Å²) in [6.45, 7) is 5.10. The maximum Gasteiger partial charge on any atom is 0.269 e. The van der Waals surface area contributed by atoms with Gasteiger partial charge < -0.3 is 11.1 Å². The van der Waals surface area contributed by atoms with Gasteiger partial charge >= 0.3 is 0 Å². The zero-order valence-corrected chi connectivity index (χ0v) is 13.0. The number of nitrogens with one attached hydrogen (secondary N) is 1. The van der Waals surface area contributed by atoms with E-state index in [-0.39, 0.29) is 11.7 Å². The molecule has 0 bridgehead atoms. The Morgan fingerprint density at radius 1 is 1.50 bits per heavy atom. The fraction of sp³-hybridized carbons (Fsp3) is 0.286. The van der Waals surface area contributed by atoms with Crippen molar-refractivity contribution in [3.63, 3.8) is 0 Å². The molecule has 0 aliphatic carbocycles. The SMILES string of the molecule is CCNC(C)c1ccc(-n2ccc(C(N)=O)n2)cc1Br. The van der Waals surface area contributed by atoms with Crippen LogP contribution in [0.5, 0.6) is 0 Å². The second-order valence-electron chi connectivity index (χ2n) is 4.49. The zero-order chi connectivity index (χ0) is 14.7. The van der Waals surface area contributed by atoms with E-state index >= 15 is 0 Å². The summed E-state index contributed by atoms with van der Waals surface area (Å²) in [6, 6.07) is 7.85. The van der Waals surface area contributed by atoms with Gasteiger partial charge in [-0.3, -0.25) is 4.79 Å². The number of primary amides is 1. The van der Waals surface area contributed by atoms with Gasteiger partial charge in [-0.1, -0.05) is 28.9 Å². The minimum atomic E-state index is -0.528. The summed E-state index contributed by atoms with van der Waals surface area (Å²) in [4.78, 5) is 11.1. The molecule has 1 atom stereocenters. The Labute approximate surface area is 126 Å². The lowest BCUT2D eigenvalue weighted by molar-refractivity contribution is 0.0995. The third kappa shape index (κ3) is 3.08. The molecule has 3 N–H and O–H groups in total. The van der Waals surface area contributed by atoms with Crippen molar-refractivity contribution >= 4 is 21.8 Å². The quantitative estimate of drug-likeness (QED) is 0.880. The molecule has 106 valence electrons. The van der Waals surface area contributed by atoms with Gasteiger partial charge in [-0.2, -0.15) is 5.10 Å². The Hall–Kier alpha value is -1.66. The highest BCUT2D eigenvalue weighted by Gasteiger charge is 2.11. The van der Waals surface area contributed by atoms with Crippen molar-refractivity contribution in [2.45, 2.75) is 19.9 Å². The summed E-state index contributed by atoms with van der Waals surface area (Å²) < 4.78 is 2.63. The van der Waals surface area contributed by atoms with Crippen molar-refractivity contribution in [2.24, 2.45) is 5.73 Å². The standard InChI is InChI=1S/C14H17BrN4O/c1-3-17-9(2)11-5-4-10(8-12(11)15)19-7-6-13(18-19)14(16)20/h4-9,17H,3H2,1-2H3,(H2,16,20). The number of halogens is 1. The Balaban J connectivity index is 2.30. The molecular weight excluding hydrogens is 320 g/mol. The van der Waals surface area contributed by atoms with Gasteiger partial charge in [-0.25, -0.2) is 4.68 Å². The van der Waals surface area contributed by atoms with Crippen LogP contribution in [0.4, 0.5) is 0 Å². The van der Waals surface area contributed by atoms with Gasteiger partial charge in [0.25, 0.3) is 5.91 Å². The van der Waals surface area contributed by atoms with Crippen molar-refractivity contribution in [3.8, 4) is 5.69 Å². The first kappa shape index (κ1) is 14.7. The number of rotatable bonds is 5. The monoisotopic (exact) mass is 336 g/mol. The topological polar surface area (TPSA) is 72.9 Å². The number of carbonyl (C=O) groups is 1. The zero-order valence-electron chi connectivity index (χ0n) is 11.4. The largest absolute Gasteiger partial charge is 0.364 e. The highest BCUT2D eigenvalue weighted by molar-refractivity contribution is 9.10. The van der Waals surface area contributed by atoms with Crippen molar-refractivity contribution in [2.75, 3.05) is 6.54 Å². The van der Waals surface area contributed by atoms with Crippen LogP contribution in [0.25, 0.3) is 5.69 Å². The summed E-state index contributed by atoms with van der Waals surface area (Å²) >= 11 is 3.58. The van der Waals surface area contributed by atoms with Crippen LogP contribution in [0.2, 0.25) is 0 Å².